The summed E-state index contributed by atoms with van der Waals surface area (Å²) in [5.74, 6) is 5.02. The molecular weight excluding hydrogens is 228 g/mol. The lowest BCUT2D eigenvalue weighted by molar-refractivity contribution is -0.122. The van der Waals surface area contributed by atoms with E-state index in [1.54, 1.807) is 0 Å². The summed E-state index contributed by atoms with van der Waals surface area (Å²) in [7, 11) is 0. The number of hydrazine groups is 1. The van der Waals surface area contributed by atoms with Gasteiger partial charge < -0.3 is 10.2 Å². The largest absolute Gasteiger partial charge is 0.373 e. The highest BCUT2D eigenvalue weighted by atomic mass is 16.2. The van der Waals surface area contributed by atoms with Gasteiger partial charge >= 0.3 is 0 Å². The molecular formula is C13H22N4O. The van der Waals surface area contributed by atoms with Crippen LogP contribution in [0.4, 0.5) is 5.69 Å². The molecule has 0 bridgehead atoms. The number of hydrogen-bond acceptors (Lipinski definition) is 4. The third kappa shape index (κ3) is 4.35. The molecule has 0 radical (unpaired) electrons. The number of benzene rings is 1. The predicted molar refractivity (Wildman–Crippen MR) is 74.0 cm³/mol. The molecule has 4 N–H and O–H groups in total. The number of amides is 1. The number of hydrogen-bond donors (Lipinski definition) is 3. The van der Waals surface area contributed by atoms with E-state index < -0.39 is 0 Å². The Kier molecular flexibility index (Phi) is 6.18. The standard InChI is InChI=1S/C13H22N4O/c1-3-17(4-2)10-12(13(18)16-14)15-11-8-6-5-7-9-11/h5-9,12,15H,3-4,10,14H2,1-2H3,(H,16,18)/t12-/m0/s1. The zero-order valence-electron chi connectivity index (χ0n) is 11.0. The third-order valence-electron chi connectivity index (χ3n) is 2.91. The fraction of sp³-hybridized carbons (Fsp3) is 0.462. The molecule has 1 amide bonds. The SMILES string of the molecule is CCN(CC)C[C@H](Nc1ccccc1)C(=O)NN. The summed E-state index contributed by atoms with van der Waals surface area (Å²) in [4.78, 5) is 13.9. The van der Waals surface area contributed by atoms with Gasteiger partial charge in [0.2, 0.25) is 0 Å². The van der Waals surface area contributed by atoms with Gasteiger partial charge in [0.05, 0.1) is 0 Å². The average Bonchev–Trinajstić information content (AvgIpc) is 2.43. The molecule has 5 nitrogen and oxygen atoms in total. The molecule has 0 unspecified atom stereocenters. The number of para-hydroxylation sites is 1. The molecule has 18 heavy (non-hydrogen) atoms. The van der Waals surface area contributed by atoms with Gasteiger partial charge in [-0.05, 0) is 25.2 Å². The van der Waals surface area contributed by atoms with Gasteiger partial charge in [-0.25, -0.2) is 5.84 Å². The van der Waals surface area contributed by atoms with E-state index in [9.17, 15) is 4.79 Å². The highest BCUT2D eigenvalue weighted by Gasteiger charge is 2.19. The first-order chi connectivity index (χ1) is 8.71. The highest BCUT2D eigenvalue weighted by molar-refractivity contribution is 5.84. The van der Waals surface area contributed by atoms with Crippen molar-refractivity contribution >= 4 is 11.6 Å². The molecule has 0 saturated carbocycles. The average molecular weight is 250 g/mol. The highest BCUT2D eigenvalue weighted by Crippen LogP contribution is 2.08. The van der Waals surface area contributed by atoms with Crippen LogP contribution in [0.5, 0.6) is 0 Å². The fourth-order valence-corrected chi connectivity index (χ4v) is 1.77. The van der Waals surface area contributed by atoms with Crippen LogP contribution < -0.4 is 16.6 Å². The quantitative estimate of drug-likeness (QED) is 0.380. The topological polar surface area (TPSA) is 70.4 Å². The first-order valence-corrected chi connectivity index (χ1v) is 6.25. The first kappa shape index (κ1) is 14.5. The number of anilines is 1. The van der Waals surface area contributed by atoms with Crippen LogP contribution in [0, 0.1) is 0 Å². The van der Waals surface area contributed by atoms with Crippen molar-refractivity contribution in [1.29, 1.82) is 0 Å². The van der Waals surface area contributed by atoms with Crippen molar-refractivity contribution in [3.05, 3.63) is 30.3 Å². The van der Waals surface area contributed by atoms with Crippen LogP contribution in [0.15, 0.2) is 30.3 Å². The van der Waals surface area contributed by atoms with E-state index in [4.69, 9.17) is 5.84 Å². The van der Waals surface area contributed by atoms with Crippen LogP contribution in [0.25, 0.3) is 0 Å². The third-order valence-corrected chi connectivity index (χ3v) is 2.91. The number of nitrogens with zero attached hydrogens (tertiary/aromatic N) is 1. The van der Waals surface area contributed by atoms with Crippen LogP contribution in [-0.2, 0) is 4.79 Å². The van der Waals surface area contributed by atoms with Gasteiger partial charge in [0.15, 0.2) is 0 Å². The van der Waals surface area contributed by atoms with E-state index in [0.717, 1.165) is 18.8 Å². The Morgan fingerprint density at radius 2 is 1.89 bits per heavy atom. The minimum atomic E-state index is -0.350. The van der Waals surface area contributed by atoms with E-state index in [-0.39, 0.29) is 11.9 Å². The first-order valence-electron chi connectivity index (χ1n) is 6.25. The lowest BCUT2D eigenvalue weighted by Gasteiger charge is -2.25. The summed E-state index contributed by atoms with van der Waals surface area (Å²) in [6, 6.07) is 9.30. The van der Waals surface area contributed by atoms with Crippen molar-refractivity contribution in [2.24, 2.45) is 5.84 Å². The Balaban J connectivity index is 2.69. The Hall–Kier alpha value is -1.59. The van der Waals surface area contributed by atoms with Gasteiger partial charge in [0.1, 0.15) is 6.04 Å². The molecule has 0 aromatic heterocycles. The Labute approximate surface area is 108 Å². The van der Waals surface area contributed by atoms with E-state index in [1.165, 1.54) is 0 Å². The molecule has 0 aliphatic rings. The molecule has 1 rings (SSSR count). The van der Waals surface area contributed by atoms with E-state index in [2.05, 4.69) is 29.5 Å². The van der Waals surface area contributed by atoms with Crippen LogP contribution in [0.3, 0.4) is 0 Å². The zero-order chi connectivity index (χ0) is 13.4. The number of nitrogens with two attached hydrogens (primary N) is 1. The Morgan fingerprint density at radius 3 is 2.39 bits per heavy atom. The second-order valence-corrected chi connectivity index (χ2v) is 4.06. The van der Waals surface area contributed by atoms with Gasteiger partial charge in [-0.1, -0.05) is 32.0 Å². The second kappa shape index (κ2) is 7.68. The summed E-state index contributed by atoms with van der Waals surface area (Å²) in [5.41, 5.74) is 3.13. The maximum absolute atomic E-state index is 11.8. The lowest BCUT2D eigenvalue weighted by atomic mass is 10.2. The van der Waals surface area contributed by atoms with Crippen LogP contribution >= 0.6 is 0 Å². The maximum Gasteiger partial charge on any atom is 0.257 e. The second-order valence-electron chi connectivity index (χ2n) is 4.06. The molecule has 0 aliphatic carbocycles. The molecule has 0 aliphatic heterocycles. The molecule has 0 heterocycles. The zero-order valence-corrected chi connectivity index (χ0v) is 11.0. The van der Waals surface area contributed by atoms with Crippen molar-refractivity contribution in [2.45, 2.75) is 19.9 Å². The molecule has 100 valence electrons. The molecule has 5 heteroatoms. The Morgan fingerprint density at radius 1 is 1.28 bits per heavy atom. The summed E-state index contributed by atoms with van der Waals surface area (Å²) < 4.78 is 0. The summed E-state index contributed by atoms with van der Waals surface area (Å²) in [6.45, 7) is 6.58. The molecule has 1 aromatic rings. The molecule has 1 atom stereocenters. The normalized spacial score (nSPS) is 12.2. The molecule has 1 aromatic carbocycles. The van der Waals surface area contributed by atoms with Crippen LogP contribution in [0.2, 0.25) is 0 Å². The van der Waals surface area contributed by atoms with Crippen LogP contribution in [0.1, 0.15) is 13.8 Å². The van der Waals surface area contributed by atoms with Crippen molar-refractivity contribution < 1.29 is 4.79 Å². The summed E-state index contributed by atoms with van der Waals surface area (Å²) in [5, 5.41) is 3.20. The maximum atomic E-state index is 11.8. The van der Waals surface area contributed by atoms with E-state index in [0.29, 0.717) is 6.54 Å². The Bertz CT molecular complexity index is 351. The fourth-order valence-electron chi connectivity index (χ4n) is 1.77. The van der Waals surface area contributed by atoms with E-state index >= 15 is 0 Å². The van der Waals surface area contributed by atoms with Gasteiger partial charge in [0.25, 0.3) is 5.91 Å². The predicted octanol–water partition coefficient (Wildman–Crippen LogP) is 0.799. The molecule has 0 spiro atoms. The van der Waals surface area contributed by atoms with Crippen molar-refractivity contribution in [3.63, 3.8) is 0 Å². The lowest BCUT2D eigenvalue weighted by Crippen LogP contribution is -2.49. The number of rotatable bonds is 7. The van der Waals surface area contributed by atoms with Gasteiger partial charge in [-0.15, -0.1) is 0 Å². The van der Waals surface area contributed by atoms with Gasteiger partial charge in [-0.3, -0.25) is 10.2 Å². The molecule has 0 fully saturated rings. The van der Waals surface area contributed by atoms with Crippen LogP contribution in [-0.4, -0.2) is 36.5 Å². The minimum Gasteiger partial charge on any atom is -0.373 e. The van der Waals surface area contributed by atoms with Crippen molar-refractivity contribution in [3.8, 4) is 0 Å². The van der Waals surface area contributed by atoms with Crippen molar-refractivity contribution in [2.75, 3.05) is 25.0 Å². The summed E-state index contributed by atoms with van der Waals surface area (Å²) >= 11 is 0. The number of carbonyl (C=O) groups is 1. The van der Waals surface area contributed by atoms with Gasteiger partial charge in [0, 0.05) is 12.2 Å². The monoisotopic (exact) mass is 250 g/mol. The van der Waals surface area contributed by atoms with E-state index in [1.807, 2.05) is 30.3 Å². The number of likely N-dealkylation sites (N-methyl/N-ethyl adjacent to an activating group) is 1. The number of carbonyl (C=O) groups excluding carboxylic acids is 1. The summed E-state index contributed by atoms with van der Waals surface area (Å²) in [6.07, 6.45) is 0. The van der Waals surface area contributed by atoms with Gasteiger partial charge in [-0.2, -0.15) is 0 Å². The number of nitrogens with one attached hydrogen (secondary N) is 2. The minimum absolute atomic E-state index is 0.203. The smallest absolute Gasteiger partial charge is 0.257 e. The molecule has 0 saturated heterocycles. The van der Waals surface area contributed by atoms with Crippen molar-refractivity contribution in [1.82, 2.24) is 10.3 Å².